The predicted octanol–water partition coefficient (Wildman–Crippen LogP) is 2.36. The Hall–Kier alpha value is -2.87. The van der Waals surface area contributed by atoms with Crippen LogP contribution in [0, 0.1) is 0 Å². The van der Waals surface area contributed by atoms with Crippen LogP contribution in [-0.4, -0.2) is 32.8 Å². The zero-order valence-corrected chi connectivity index (χ0v) is 15.7. The van der Waals surface area contributed by atoms with E-state index < -0.39 is 16.1 Å². The van der Waals surface area contributed by atoms with E-state index in [1.165, 1.54) is 23.4 Å². The first-order valence-electron chi connectivity index (χ1n) is 8.55. The van der Waals surface area contributed by atoms with Crippen molar-refractivity contribution in [1.82, 2.24) is 0 Å². The molecule has 0 radical (unpaired) electrons. The lowest BCUT2D eigenvalue weighted by atomic mass is 10.1. The third kappa shape index (κ3) is 2.86. The van der Waals surface area contributed by atoms with Crippen molar-refractivity contribution in [3.63, 3.8) is 0 Å². The van der Waals surface area contributed by atoms with Gasteiger partial charge in [-0.15, -0.1) is 0 Å². The molecule has 0 fully saturated rings. The van der Waals surface area contributed by atoms with Crippen LogP contribution in [0.25, 0.3) is 0 Å². The van der Waals surface area contributed by atoms with E-state index in [0.717, 1.165) is 5.56 Å². The molecular weight excluding hydrogens is 368 g/mol. The largest absolute Gasteiger partial charge is 0.479 e. The molecule has 8 heteroatoms. The van der Waals surface area contributed by atoms with Crippen LogP contribution in [0.4, 0.5) is 11.4 Å². The fourth-order valence-electron chi connectivity index (χ4n) is 3.32. The van der Waals surface area contributed by atoms with Gasteiger partial charge in [-0.1, -0.05) is 0 Å². The number of Topliss-reactive ketones (excluding diaryl/α,β-unsaturated/α-hetero) is 1. The standard InChI is InChI=1S/C19H18N2O5S/c1-11(22)13-3-5-17-14(9-13)7-8-21(17)27(24,25)15-4-6-18-16(10-15)20-19(23)12(2)26-18/h3-6,9-10,12H,7-8H2,1-2H3,(H,20,23). The minimum absolute atomic E-state index is 0.0567. The van der Waals surface area contributed by atoms with Crippen molar-refractivity contribution in [2.45, 2.75) is 31.3 Å². The van der Waals surface area contributed by atoms with Gasteiger partial charge in [-0.2, -0.15) is 0 Å². The number of carbonyl (C=O) groups is 2. The molecule has 1 atom stereocenters. The van der Waals surface area contributed by atoms with E-state index in [0.29, 0.717) is 35.7 Å². The van der Waals surface area contributed by atoms with E-state index in [9.17, 15) is 18.0 Å². The zero-order chi connectivity index (χ0) is 19.3. The maximum Gasteiger partial charge on any atom is 0.265 e. The third-order valence-corrected chi connectivity index (χ3v) is 6.62. The fourth-order valence-corrected chi connectivity index (χ4v) is 4.85. The van der Waals surface area contributed by atoms with E-state index >= 15 is 0 Å². The number of ketones is 1. The molecule has 2 aromatic carbocycles. The van der Waals surface area contributed by atoms with Gasteiger partial charge in [0.25, 0.3) is 15.9 Å². The monoisotopic (exact) mass is 386 g/mol. The molecule has 2 aliphatic heterocycles. The highest BCUT2D eigenvalue weighted by molar-refractivity contribution is 7.92. The zero-order valence-electron chi connectivity index (χ0n) is 14.9. The van der Waals surface area contributed by atoms with Crippen LogP contribution in [0.15, 0.2) is 41.3 Å². The van der Waals surface area contributed by atoms with E-state index in [2.05, 4.69) is 5.32 Å². The predicted molar refractivity (Wildman–Crippen MR) is 99.8 cm³/mol. The van der Waals surface area contributed by atoms with Crippen molar-refractivity contribution in [3.05, 3.63) is 47.5 Å². The summed E-state index contributed by atoms with van der Waals surface area (Å²) in [4.78, 5) is 23.4. The summed E-state index contributed by atoms with van der Waals surface area (Å²) in [6.07, 6.45) is -0.0845. The van der Waals surface area contributed by atoms with Crippen molar-refractivity contribution >= 4 is 33.1 Å². The lowest BCUT2D eigenvalue weighted by Gasteiger charge is -2.25. The highest BCUT2D eigenvalue weighted by Crippen LogP contribution is 2.37. The number of amides is 1. The summed E-state index contributed by atoms with van der Waals surface area (Å²) in [5.74, 6) is 0.0630. The average Bonchev–Trinajstić information content (AvgIpc) is 3.06. The van der Waals surface area contributed by atoms with Crippen molar-refractivity contribution in [2.75, 3.05) is 16.2 Å². The molecule has 0 aliphatic carbocycles. The number of ether oxygens (including phenoxy) is 1. The first kappa shape index (κ1) is 17.5. The van der Waals surface area contributed by atoms with Gasteiger partial charge in [-0.05, 0) is 62.2 Å². The van der Waals surface area contributed by atoms with Gasteiger partial charge in [0.1, 0.15) is 5.75 Å². The van der Waals surface area contributed by atoms with Gasteiger partial charge in [-0.3, -0.25) is 13.9 Å². The van der Waals surface area contributed by atoms with Crippen LogP contribution in [0.1, 0.15) is 29.8 Å². The first-order chi connectivity index (χ1) is 12.8. The summed E-state index contributed by atoms with van der Waals surface area (Å²) in [7, 11) is -3.81. The molecular formula is C19H18N2O5S. The number of nitrogens with zero attached hydrogens (tertiary/aromatic N) is 1. The Bertz CT molecular complexity index is 1080. The molecule has 0 saturated heterocycles. The molecule has 1 N–H and O–H groups in total. The van der Waals surface area contributed by atoms with Crippen molar-refractivity contribution in [3.8, 4) is 5.75 Å². The Labute approximate surface area is 157 Å². The molecule has 2 aromatic rings. The number of carbonyl (C=O) groups excluding carboxylic acids is 2. The molecule has 0 spiro atoms. The molecule has 140 valence electrons. The smallest absolute Gasteiger partial charge is 0.265 e. The summed E-state index contributed by atoms with van der Waals surface area (Å²) in [5.41, 5.74) is 2.31. The lowest BCUT2D eigenvalue weighted by molar-refractivity contribution is -0.122. The summed E-state index contributed by atoms with van der Waals surface area (Å²) < 4.78 is 33.1. The lowest BCUT2D eigenvalue weighted by Crippen LogP contribution is -2.34. The highest BCUT2D eigenvalue weighted by Gasteiger charge is 2.33. The quantitative estimate of drug-likeness (QED) is 0.818. The Balaban J connectivity index is 1.71. The maximum atomic E-state index is 13.2. The van der Waals surface area contributed by atoms with Crippen LogP contribution in [0.3, 0.4) is 0 Å². The number of anilines is 2. The first-order valence-corrected chi connectivity index (χ1v) is 9.99. The molecule has 0 saturated carbocycles. The number of rotatable bonds is 3. The van der Waals surface area contributed by atoms with E-state index in [4.69, 9.17) is 4.74 Å². The summed E-state index contributed by atoms with van der Waals surface area (Å²) in [6, 6.07) is 9.49. The molecule has 7 nitrogen and oxygen atoms in total. The van der Waals surface area contributed by atoms with E-state index in [-0.39, 0.29) is 16.6 Å². The number of hydrogen-bond acceptors (Lipinski definition) is 5. The van der Waals surface area contributed by atoms with Gasteiger partial charge >= 0.3 is 0 Å². The topological polar surface area (TPSA) is 92.8 Å². The van der Waals surface area contributed by atoms with Crippen LogP contribution in [0.2, 0.25) is 0 Å². The van der Waals surface area contributed by atoms with E-state index in [1.54, 1.807) is 31.2 Å². The summed E-state index contributed by atoms with van der Waals surface area (Å²) in [6.45, 7) is 3.41. The summed E-state index contributed by atoms with van der Waals surface area (Å²) in [5, 5.41) is 2.67. The Kier molecular flexibility index (Phi) is 3.96. The van der Waals surface area contributed by atoms with Crippen LogP contribution < -0.4 is 14.4 Å². The molecule has 0 bridgehead atoms. The van der Waals surface area contributed by atoms with Gasteiger partial charge in [-0.25, -0.2) is 8.42 Å². The Morgan fingerprint density at radius 3 is 2.74 bits per heavy atom. The highest BCUT2D eigenvalue weighted by atomic mass is 32.2. The average molecular weight is 386 g/mol. The van der Waals surface area contributed by atoms with Gasteiger partial charge in [0.05, 0.1) is 16.3 Å². The molecule has 0 aromatic heterocycles. The van der Waals surface area contributed by atoms with Crippen molar-refractivity contribution in [2.24, 2.45) is 0 Å². The Morgan fingerprint density at radius 2 is 2.00 bits per heavy atom. The van der Waals surface area contributed by atoms with Gasteiger partial charge in [0, 0.05) is 12.1 Å². The number of fused-ring (bicyclic) bond motifs is 2. The van der Waals surface area contributed by atoms with E-state index in [1.807, 2.05) is 0 Å². The van der Waals surface area contributed by atoms with Gasteiger partial charge < -0.3 is 10.1 Å². The molecule has 2 heterocycles. The van der Waals surface area contributed by atoms with Crippen molar-refractivity contribution in [1.29, 1.82) is 0 Å². The number of nitrogens with one attached hydrogen (secondary N) is 1. The van der Waals surface area contributed by atoms with Crippen LogP contribution >= 0.6 is 0 Å². The van der Waals surface area contributed by atoms with Crippen molar-refractivity contribution < 1.29 is 22.7 Å². The number of sulfonamides is 1. The molecule has 4 rings (SSSR count). The second-order valence-corrected chi connectivity index (χ2v) is 8.50. The molecule has 1 unspecified atom stereocenters. The fraction of sp³-hybridized carbons (Fsp3) is 0.263. The SMILES string of the molecule is CC(=O)c1ccc2c(c1)CCN2S(=O)(=O)c1ccc2c(c1)NC(=O)C(C)O2. The summed E-state index contributed by atoms with van der Waals surface area (Å²) >= 11 is 0. The van der Waals surface area contributed by atoms with Gasteiger partial charge in [0.2, 0.25) is 0 Å². The molecule has 2 aliphatic rings. The molecule has 27 heavy (non-hydrogen) atoms. The molecule has 1 amide bonds. The second kappa shape index (κ2) is 6.09. The third-order valence-electron chi connectivity index (χ3n) is 4.81. The van der Waals surface area contributed by atoms with Gasteiger partial charge in [0.15, 0.2) is 11.9 Å². The minimum atomic E-state index is -3.81. The Morgan fingerprint density at radius 1 is 1.22 bits per heavy atom. The van der Waals surface area contributed by atoms with Crippen LogP contribution in [-0.2, 0) is 21.2 Å². The second-order valence-electron chi connectivity index (χ2n) is 6.63. The minimum Gasteiger partial charge on any atom is -0.479 e. The number of benzene rings is 2. The van der Waals surface area contributed by atoms with Crippen LogP contribution in [0.5, 0.6) is 5.75 Å². The number of hydrogen-bond donors (Lipinski definition) is 1. The maximum absolute atomic E-state index is 13.2. The normalized spacial score (nSPS) is 18.4.